The minimum atomic E-state index is -0.590. The molecule has 0 radical (unpaired) electrons. The first kappa shape index (κ1) is 19.7. The molecular weight excluding hydrogens is 379 g/mol. The molecule has 1 aromatic carbocycles. The highest BCUT2D eigenvalue weighted by Gasteiger charge is 2.20. The number of H-pyrrole nitrogens is 1. The number of hydrogen-bond acceptors (Lipinski definition) is 5. The Bertz CT molecular complexity index is 874. The fourth-order valence-electron chi connectivity index (χ4n) is 4.20. The zero-order valence-corrected chi connectivity index (χ0v) is 16.8. The molecular formula is C21H27FN2O3S. The van der Waals surface area contributed by atoms with Crippen LogP contribution in [0.1, 0.15) is 57.2 Å². The smallest absolute Gasteiger partial charge is 0.261 e. The summed E-state index contributed by atoms with van der Waals surface area (Å²) in [5, 5.41) is 10.1. The second kappa shape index (κ2) is 8.82. The van der Waals surface area contributed by atoms with Crippen molar-refractivity contribution >= 4 is 22.7 Å². The van der Waals surface area contributed by atoms with Gasteiger partial charge in [-0.05, 0) is 44.4 Å². The Hall–Kier alpha value is -1.60. The molecule has 152 valence electrons. The van der Waals surface area contributed by atoms with Crippen molar-refractivity contribution in [3.63, 3.8) is 0 Å². The number of aliphatic hydroxyl groups excluding tert-OH is 1. The first-order valence-electron chi connectivity index (χ1n) is 10.2. The first-order chi connectivity index (χ1) is 13.6. The summed E-state index contributed by atoms with van der Waals surface area (Å²) < 4.78 is 20.3. The van der Waals surface area contributed by atoms with Crippen LogP contribution in [0.15, 0.2) is 16.9 Å². The lowest BCUT2D eigenvalue weighted by Crippen LogP contribution is -2.20. The van der Waals surface area contributed by atoms with Gasteiger partial charge in [-0.1, -0.05) is 12.8 Å². The normalized spacial score (nSPS) is 23.4. The molecule has 0 bridgehead atoms. The van der Waals surface area contributed by atoms with Crippen LogP contribution < -0.4 is 10.3 Å². The van der Waals surface area contributed by atoms with Gasteiger partial charge < -0.3 is 14.8 Å². The second-order valence-corrected chi connectivity index (χ2v) is 9.30. The van der Waals surface area contributed by atoms with Gasteiger partial charge in [-0.3, -0.25) is 4.79 Å². The standard InChI is InChI=1S/C21H27FN2O3S/c22-17-9-15(27-11-13-3-1-2-4-13)10-18-20(17)21(26)24-19(23-18)12-28-16-7-5-14(25)6-8-16/h9-10,13-14,16,25H,1-8,11-12H2,(H,23,24,26). The Kier molecular flexibility index (Phi) is 6.21. The van der Waals surface area contributed by atoms with Gasteiger partial charge in [-0.2, -0.15) is 11.8 Å². The van der Waals surface area contributed by atoms with E-state index in [1.165, 1.54) is 18.9 Å². The minimum absolute atomic E-state index is 0.0113. The average Bonchev–Trinajstić information content (AvgIpc) is 3.19. The van der Waals surface area contributed by atoms with Gasteiger partial charge in [-0.25, -0.2) is 9.37 Å². The van der Waals surface area contributed by atoms with Crippen molar-refractivity contribution < 1.29 is 14.2 Å². The van der Waals surface area contributed by atoms with Crippen molar-refractivity contribution in [2.45, 2.75) is 68.5 Å². The number of halogens is 1. The van der Waals surface area contributed by atoms with Gasteiger partial charge in [0.1, 0.15) is 22.8 Å². The number of aromatic amines is 1. The number of thioether (sulfide) groups is 1. The maximum atomic E-state index is 14.5. The summed E-state index contributed by atoms with van der Waals surface area (Å²) in [7, 11) is 0. The van der Waals surface area contributed by atoms with Gasteiger partial charge in [0.2, 0.25) is 0 Å². The number of fused-ring (bicyclic) bond motifs is 1. The van der Waals surface area contributed by atoms with Crippen molar-refractivity contribution in [1.29, 1.82) is 0 Å². The minimum Gasteiger partial charge on any atom is -0.493 e. The highest BCUT2D eigenvalue weighted by atomic mass is 32.2. The lowest BCUT2D eigenvalue weighted by atomic mass is 9.97. The van der Waals surface area contributed by atoms with Crippen molar-refractivity contribution in [2.24, 2.45) is 5.92 Å². The van der Waals surface area contributed by atoms with Crippen LogP contribution in [0.2, 0.25) is 0 Å². The summed E-state index contributed by atoms with van der Waals surface area (Å²) in [4.78, 5) is 19.6. The van der Waals surface area contributed by atoms with Gasteiger partial charge in [0.25, 0.3) is 5.56 Å². The van der Waals surface area contributed by atoms with Gasteiger partial charge in [-0.15, -0.1) is 0 Å². The Morgan fingerprint density at radius 3 is 2.68 bits per heavy atom. The van der Waals surface area contributed by atoms with E-state index in [1.807, 2.05) is 0 Å². The number of nitrogens with one attached hydrogen (secondary N) is 1. The fourth-order valence-corrected chi connectivity index (χ4v) is 5.34. The third-order valence-corrected chi connectivity index (χ3v) is 7.23. The van der Waals surface area contributed by atoms with E-state index >= 15 is 0 Å². The summed E-state index contributed by atoms with van der Waals surface area (Å²) in [6.07, 6.45) is 8.20. The molecule has 7 heteroatoms. The maximum absolute atomic E-state index is 14.5. The van der Waals surface area contributed by atoms with E-state index in [9.17, 15) is 14.3 Å². The Balaban J connectivity index is 1.48. The van der Waals surface area contributed by atoms with Crippen molar-refractivity contribution in [3.8, 4) is 5.75 Å². The predicted molar refractivity (Wildman–Crippen MR) is 109 cm³/mol. The molecule has 2 fully saturated rings. The Morgan fingerprint density at radius 2 is 1.93 bits per heavy atom. The van der Waals surface area contributed by atoms with Crippen LogP contribution in [0.5, 0.6) is 5.75 Å². The third-order valence-electron chi connectivity index (χ3n) is 5.84. The summed E-state index contributed by atoms with van der Waals surface area (Å²) in [5.74, 6) is 1.51. The highest BCUT2D eigenvalue weighted by molar-refractivity contribution is 7.99. The number of aliphatic hydroxyl groups is 1. The zero-order valence-electron chi connectivity index (χ0n) is 16.0. The SMILES string of the molecule is O=c1[nH]c(CSC2CCC(O)CC2)nc2cc(OCC3CCCC3)cc(F)c12. The fraction of sp³-hybridized carbons (Fsp3) is 0.619. The van der Waals surface area contributed by atoms with Crippen LogP contribution in [-0.4, -0.2) is 33.0 Å². The van der Waals surface area contributed by atoms with Crippen LogP contribution >= 0.6 is 11.8 Å². The number of benzene rings is 1. The van der Waals surface area contributed by atoms with E-state index in [1.54, 1.807) is 17.8 Å². The molecule has 2 aliphatic rings. The lowest BCUT2D eigenvalue weighted by Gasteiger charge is -2.24. The van der Waals surface area contributed by atoms with Crippen LogP contribution in [0, 0.1) is 11.7 Å². The molecule has 0 atom stereocenters. The van der Waals surface area contributed by atoms with Gasteiger partial charge >= 0.3 is 0 Å². The number of aromatic nitrogens is 2. The lowest BCUT2D eigenvalue weighted by molar-refractivity contribution is 0.132. The van der Waals surface area contributed by atoms with Crippen LogP contribution in [-0.2, 0) is 5.75 Å². The molecule has 1 heterocycles. The third kappa shape index (κ3) is 4.69. The van der Waals surface area contributed by atoms with E-state index in [4.69, 9.17) is 4.74 Å². The number of ether oxygens (including phenoxy) is 1. The highest BCUT2D eigenvalue weighted by Crippen LogP contribution is 2.31. The average molecular weight is 407 g/mol. The van der Waals surface area contributed by atoms with Gasteiger partial charge in [0, 0.05) is 17.4 Å². The topological polar surface area (TPSA) is 75.2 Å². The van der Waals surface area contributed by atoms with Crippen LogP contribution in [0.4, 0.5) is 4.39 Å². The van der Waals surface area contributed by atoms with Crippen LogP contribution in [0.25, 0.3) is 10.9 Å². The molecule has 1 aromatic heterocycles. The van der Waals surface area contributed by atoms with E-state index in [2.05, 4.69) is 9.97 Å². The number of nitrogens with zero attached hydrogens (tertiary/aromatic N) is 1. The molecule has 5 nitrogen and oxygen atoms in total. The van der Waals surface area contributed by atoms with Crippen molar-refractivity contribution in [3.05, 3.63) is 34.1 Å². The van der Waals surface area contributed by atoms with E-state index in [0.29, 0.717) is 40.6 Å². The molecule has 2 aromatic rings. The first-order valence-corrected chi connectivity index (χ1v) is 11.3. The molecule has 0 unspecified atom stereocenters. The van der Waals surface area contributed by atoms with Gasteiger partial charge in [0.15, 0.2) is 0 Å². The summed E-state index contributed by atoms with van der Waals surface area (Å²) in [6, 6.07) is 2.96. The summed E-state index contributed by atoms with van der Waals surface area (Å²) in [6.45, 7) is 0.588. The number of rotatable bonds is 6. The maximum Gasteiger partial charge on any atom is 0.261 e. The van der Waals surface area contributed by atoms with E-state index in [-0.39, 0.29) is 11.5 Å². The van der Waals surface area contributed by atoms with E-state index < -0.39 is 11.4 Å². The molecule has 2 N–H and O–H groups in total. The quantitative estimate of drug-likeness (QED) is 0.753. The van der Waals surface area contributed by atoms with Crippen LogP contribution in [0.3, 0.4) is 0 Å². The molecule has 0 aliphatic heterocycles. The summed E-state index contributed by atoms with van der Waals surface area (Å²) in [5.41, 5.74) is -0.0978. The molecule has 2 saturated carbocycles. The Labute approximate surface area is 168 Å². The molecule has 4 rings (SSSR count). The van der Waals surface area contributed by atoms with Crippen molar-refractivity contribution in [1.82, 2.24) is 9.97 Å². The molecule has 2 aliphatic carbocycles. The number of hydrogen-bond donors (Lipinski definition) is 2. The van der Waals surface area contributed by atoms with E-state index in [0.717, 1.165) is 38.5 Å². The Morgan fingerprint density at radius 1 is 1.18 bits per heavy atom. The molecule has 28 heavy (non-hydrogen) atoms. The predicted octanol–water partition coefficient (Wildman–Crippen LogP) is 4.17. The zero-order chi connectivity index (χ0) is 19.5. The van der Waals surface area contributed by atoms with Crippen molar-refractivity contribution in [2.75, 3.05) is 6.61 Å². The second-order valence-electron chi connectivity index (χ2n) is 8.01. The molecule has 0 saturated heterocycles. The largest absolute Gasteiger partial charge is 0.493 e. The summed E-state index contributed by atoms with van der Waals surface area (Å²) >= 11 is 1.74. The van der Waals surface area contributed by atoms with Gasteiger partial charge in [0.05, 0.1) is 24.0 Å². The molecule has 0 spiro atoms. The molecule has 0 amide bonds. The monoisotopic (exact) mass is 406 g/mol.